The number of carbonyl (C=O) groups excluding carboxylic acids is 2. The zero-order chi connectivity index (χ0) is 22.0. The van der Waals surface area contributed by atoms with Gasteiger partial charge in [-0.2, -0.15) is 0 Å². The van der Waals surface area contributed by atoms with Crippen LogP contribution in [0.3, 0.4) is 0 Å². The summed E-state index contributed by atoms with van der Waals surface area (Å²) in [4.78, 5) is 38.6. The highest BCUT2D eigenvalue weighted by molar-refractivity contribution is 9.10. The summed E-state index contributed by atoms with van der Waals surface area (Å²) in [6, 6.07) is 13.1. The van der Waals surface area contributed by atoms with Gasteiger partial charge in [-0.25, -0.2) is 0 Å². The highest BCUT2D eigenvalue weighted by Crippen LogP contribution is 2.45. The number of nitrogens with zero attached hydrogens (tertiary/aromatic N) is 1. The molecule has 2 heterocycles. The van der Waals surface area contributed by atoms with Crippen LogP contribution in [-0.4, -0.2) is 29.4 Å². The lowest BCUT2D eigenvalue weighted by molar-refractivity contribution is -0.137. The number of para-hydroxylation sites is 1. The fourth-order valence-electron chi connectivity index (χ4n) is 4.21. The standard InChI is InChI=1S/C24H23BrN2O4/c25-15-11-12-19-17(14-15)22(21-16-8-5-6-9-18(16)26-23(21)30)24(31)27(19)13-7-3-1-2-4-10-20(28)29/h5-6,8-9,11-12,14H,1-4,7,10,13H2,(H,26,30)(H,28,29)/b22-21+. The SMILES string of the molecule is O=C(O)CCCCCCCN1C(=O)/C(=C2/C(=O)Nc3ccccc32)c2cc(Br)ccc21. The van der Waals surface area contributed by atoms with E-state index in [9.17, 15) is 14.4 Å². The second-order valence-corrected chi connectivity index (χ2v) is 8.70. The molecule has 0 aromatic heterocycles. The number of halogens is 1. The quantitative estimate of drug-likeness (QED) is 0.405. The number of amides is 2. The first-order valence-corrected chi connectivity index (χ1v) is 11.3. The molecule has 7 heteroatoms. The maximum atomic E-state index is 13.5. The zero-order valence-electron chi connectivity index (χ0n) is 17.0. The van der Waals surface area contributed by atoms with Crippen molar-refractivity contribution in [2.24, 2.45) is 0 Å². The van der Waals surface area contributed by atoms with E-state index in [4.69, 9.17) is 5.11 Å². The van der Waals surface area contributed by atoms with Gasteiger partial charge >= 0.3 is 5.97 Å². The third-order valence-corrected chi connectivity index (χ3v) is 6.17. The molecule has 0 fully saturated rings. The third kappa shape index (κ3) is 4.28. The highest BCUT2D eigenvalue weighted by Gasteiger charge is 2.39. The second-order valence-electron chi connectivity index (χ2n) is 7.78. The van der Waals surface area contributed by atoms with Gasteiger partial charge in [-0.1, -0.05) is 53.4 Å². The molecule has 2 aromatic carbocycles. The van der Waals surface area contributed by atoms with Gasteiger partial charge in [-0.3, -0.25) is 14.4 Å². The van der Waals surface area contributed by atoms with E-state index in [1.807, 2.05) is 42.5 Å². The summed E-state index contributed by atoms with van der Waals surface area (Å²) in [6.45, 7) is 0.562. The van der Waals surface area contributed by atoms with Crippen LogP contribution >= 0.6 is 15.9 Å². The molecule has 6 nitrogen and oxygen atoms in total. The van der Waals surface area contributed by atoms with Gasteiger partial charge in [0.1, 0.15) is 0 Å². The molecule has 0 spiro atoms. The molecule has 2 aliphatic heterocycles. The molecule has 0 saturated carbocycles. The van der Waals surface area contributed by atoms with Gasteiger partial charge in [-0.05, 0) is 37.1 Å². The van der Waals surface area contributed by atoms with Crippen molar-refractivity contribution >= 4 is 56.2 Å². The van der Waals surface area contributed by atoms with Gasteiger partial charge in [0.05, 0.1) is 16.8 Å². The summed E-state index contributed by atoms with van der Waals surface area (Å²) in [7, 11) is 0. The van der Waals surface area contributed by atoms with Crippen LogP contribution in [0.25, 0.3) is 11.1 Å². The number of fused-ring (bicyclic) bond motifs is 2. The van der Waals surface area contributed by atoms with Gasteiger partial charge in [0.25, 0.3) is 11.8 Å². The predicted octanol–water partition coefficient (Wildman–Crippen LogP) is 5.08. The monoisotopic (exact) mass is 482 g/mol. The van der Waals surface area contributed by atoms with E-state index in [1.165, 1.54) is 0 Å². The van der Waals surface area contributed by atoms with Crippen molar-refractivity contribution in [1.29, 1.82) is 0 Å². The number of hydrogen-bond acceptors (Lipinski definition) is 3. The molecule has 0 unspecified atom stereocenters. The number of anilines is 2. The number of unbranched alkanes of at least 4 members (excludes halogenated alkanes) is 4. The second kappa shape index (κ2) is 9.06. The van der Waals surface area contributed by atoms with Crippen molar-refractivity contribution in [3.8, 4) is 0 Å². The minimum atomic E-state index is -0.761. The molecule has 160 valence electrons. The zero-order valence-corrected chi connectivity index (χ0v) is 18.6. The molecule has 2 aliphatic rings. The first-order valence-electron chi connectivity index (χ1n) is 10.5. The van der Waals surface area contributed by atoms with Crippen LogP contribution in [0.5, 0.6) is 0 Å². The van der Waals surface area contributed by atoms with Crippen LogP contribution < -0.4 is 10.2 Å². The fourth-order valence-corrected chi connectivity index (χ4v) is 4.57. The largest absolute Gasteiger partial charge is 0.481 e. The Kier molecular flexibility index (Phi) is 6.23. The Hall–Kier alpha value is -2.93. The Morgan fingerprint density at radius 1 is 0.935 bits per heavy atom. The smallest absolute Gasteiger partial charge is 0.303 e. The average Bonchev–Trinajstić information content (AvgIpc) is 3.19. The van der Waals surface area contributed by atoms with Gasteiger partial charge in [0.15, 0.2) is 0 Å². The highest BCUT2D eigenvalue weighted by atomic mass is 79.9. The molecule has 4 rings (SSSR count). The lowest BCUT2D eigenvalue weighted by Crippen LogP contribution is -2.28. The number of benzene rings is 2. The van der Waals surface area contributed by atoms with Crippen molar-refractivity contribution in [2.45, 2.75) is 38.5 Å². The Morgan fingerprint density at radius 3 is 2.48 bits per heavy atom. The van der Waals surface area contributed by atoms with E-state index in [0.29, 0.717) is 24.1 Å². The number of hydrogen-bond donors (Lipinski definition) is 2. The van der Waals surface area contributed by atoms with E-state index in [0.717, 1.165) is 52.7 Å². The normalized spacial score (nSPS) is 17.0. The molecular formula is C24H23BrN2O4. The molecule has 0 saturated heterocycles. The molecule has 2 amide bonds. The molecule has 0 aliphatic carbocycles. The Labute approximate surface area is 189 Å². The molecular weight excluding hydrogens is 460 g/mol. The number of carboxylic acids is 1. The number of carboxylic acid groups (broad SMARTS) is 1. The van der Waals surface area contributed by atoms with Gasteiger partial charge < -0.3 is 15.3 Å². The number of nitrogens with one attached hydrogen (secondary N) is 1. The van der Waals surface area contributed by atoms with Crippen LogP contribution in [0.15, 0.2) is 46.9 Å². The van der Waals surface area contributed by atoms with Crippen LogP contribution in [0.2, 0.25) is 0 Å². The molecule has 2 N–H and O–H groups in total. The predicted molar refractivity (Wildman–Crippen MR) is 124 cm³/mol. The number of rotatable bonds is 8. The Bertz CT molecular complexity index is 1090. The van der Waals surface area contributed by atoms with E-state index in [-0.39, 0.29) is 18.2 Å². The summed E-state index contributed by atoms with van der Waals surface area (Å²) in [5.41, 5.74) is 3.93. The van der Waals surface area contributed by atoms with E-state index in [1.54, 1.807) is 4.90 Å². The third-order valence-electron chi connectivity index (χ3n) is 5.67. The van der Waals surface area contributed by atoms with Crippen LogP contribution in [0, 0.1) is 0 Å². The first kappa shape index (κ1) is 21.3. The number of aliphatic carboxylic acids is 1. The lowest BCUT2D eigenvalue weighted by Gasteiger charge is -2.17. The first-order chi connectivity index (χ1) is 15.0. The molecule has 0 bridgehead atoms. The van der Waals surface area contributed by atoms with Crippen LogP contribution in [0.4, 0.5) is 11.4 Å². The van der Waals surface area contributed by atoms with E-state index >= 15 is 0 Å². The number of carbonyl (C=O) groups is 3. The van der Waals surface area contributed by atoms with E-state index < -0.39 is 5.97 Å². The van der Waals surface area contributed by atoms with Gasteiger partial charge in [0.2, 0.25) is 0 Å². The minimum absolute atomic E-state index is 0.152. The lowest BCUT2D eigenvalue weighted by atomic mass is 9.96. The molecule has 2 aromatic rings. The molecule has 0 atom stereocenters. The van der Waals surface area contributed by atoms with Crippen molar-refractivity contribution in [3.63, 3.8) is 0 Å². The topological polar surface area (TPSA) is 86.7 Å². The minimum Gasteiger partial charge on any atom is -0.481 e. The van der Waals surface area contributed by atoms with Crippen LogP contribution in [-0.2, 0) is 14.4 Å². The summed E-state index contributed by atoms with van der Waals surface area (Å²) in [5.74, 6) is -1.17. The molecule has 31 heavy (non-hydrogen) atoms. The van der Waals surface area contributed by atoms with Crippen molar-refractivity contribution in [1.82, 2.24) is 0 Å². The maximum absolute atomic E-state index is 13.5. The fraction of sp³-hybridized carbons (Fsp3) is 0.292. The van der Waals surface area contributed by atoms with Crippen molar-refractivity contribution in [2.75, 3.05) is 16.8 Å². The Balaban J connectivity index is 1.57. The summed E-state index contributed by atoms with van der Waals surface area (Å²) >= 11 is 3.49. The summed E-state index contributed by atoms with van der Waals surface area (Å²) < 4.78 is 0.851. The summed E-state index contributed by atoms with van der Waals surface area (Å²) in [6.07, 6.45) is 4.43. The van der Waals surface area contributed by atoms with Crippen LogP contribution in [0.1, 0.15) is 49.7 Å². The van der Waals surface area contributed by atoms with Gasteiger partial charge in [0, 0.05) is 34.3 Å². The molecule has 0 radical (unpaired) electrons. The van der Waals surface area contributed by atoms with E-state index in [2.05, 4.69) is 21.2 Å². The van der Waals surface area contributed by atoms with Crippen molar-refractivity contribution < 1.29 is 19.5 Å². The average molecular weight is 483 g/mol. The van der Waals surface area contributed by atoms with Crippen molar-refractivity contribution in [3.05, 3.63) is 58.1 Å². The Morgan fingerprint density at radius 2 is 1.68 bits per heavy atom. The maximum Gasteiger partial charge on any atom is 0.303 e. The van der Waals surface area contributed by atoms with Gasteiger partial charge in [-0.15, -0.1) is 0 Å². The summed E-state index contributed by atoms with van der Waals surface area (Å²) in [5, 5.41) is 11.6.